The van der Waals surface area contributed by atoms with E-state index in [-0.39, 0.29) is 14.9 Å². The first-order valence-corrected chi connectivity index (χ1v) is 10.2. The molecule has 0 aliphatic carbocycles. The lowest BCUT2D eigenvalue weighted by Crippen LogP contribution is -2.26. The van der Waals surface area contributed by atoms with Gasteiger partial charge in [-0.25, -0.2) is 18.2 Å². The molecule has 4 heterocycles. The van der Waals surface area contributed by atoms with Crippen molar-refractivity contribution in [1.82, 2.24) is 14.0 Å². The third-order valence-corrected chi connectivity index (χ3v) is 5.59. The molecule has 1 N–H and O–H groups in total. The summed E-state index contributed by atoms with van der Waals surface area (Å²) in [6.45, 7) is -0.993. The van der Waals surface area contributed by atoms with Crippen LogP contribution in [0.5, 0.6) is 0 Å². The van der Waals surface area contributed by atoms with Gasteiger partial charge in [0.15, 0.2) is 5.82 Å². The van der Waals surface area contributed by atoms with E-state index in [9.17, 15) is 22.8 Å². The van der Waals surface area contributed by atoms with E-state index in [2.05, 4.69) is 22.1 Å². The molecule has 0 aliphatic heterocycles. The number of fused-ring (bicyclic) bond motifs is 1. The number of hydrogen-bond donors (Lipinski definition) is 1. The minimum Gasteiger partial charge on any atom is -0.320 e. The maximum absolute atomic E-state index is 13.8. The number of alkyl halides is 2. The molecule has 0 atom stereocenters. The van der Waals surface area contributed by atoms with Gasteiger partial charge in [0.1, 0.15) is 15.7 Å². The monoisotopic (exact) mass is 476 g/mol. The molecule has 0 saturated heterocycles. The fourth-order valence-electron chi connectivity index (χ4n) is 2.84. The lowest BCUT2D eigenvalue weighted by Gasteiger charge is -2.09. The minimum absolute atomic E-state index is 0.144. The highest BCUT2D eigenvalue weighted by Gasteiger charge is 2.16. The van der Waals surface area contributed by atoms with Crippen LogP contribution in [0.15, 0.2) is 53.7 Å². The molecular formula is C21H12ClF3N4O2S. The van der Waals surface area contributed by atoms with Gasteiger partial charge in [-0.2, -0.15) is 0 Å². The van der Waals surface area contributed by atoms with Crippen LogP contribution in [0.4, 0.5) is 18.9 Å². The lowest BCUT2D eigenvalue weighted by molar-refractivity contribution is 0.103. The molecule has 4 rings (SSSR count). The summed E-state index contributed by atoms with van der Waals surface area (Å²) >= 11 is 7.13. The van der Waals surface area contributed by atoms with Crippen LogP contribution in [0.1, 0.15) is 20.9 Å². The Morgan fingerprint density at radius 3 is 2.81 bits per heavy atom. The Kier molecular flexibility index (Phi) is 6.03. The quantitative estimate of drug-likeness (QED) is 0.447. The van der Waals surface area contributed by atoms with E-state index in [1.54, 1.807) is 6.20 Å². The number of halogens is 4. The largest absolute Gasteiger partial charge is 0.320 e. The Morgan fingerprint density at radius 1 is 1.25 bits per heavy atom. The van der Waals surface area contributed by atoms with Gasteiger partial charge in [0.2, 0.25) is 0 Å². The minimum atomic E-state index is -2.86. The van der Waals surface area contributed by atoms with Crippen molar-refractivity contribution in [1.29, 1.82) is 0 Å². The van der Waals surface area contributed by atoms with E-state index >= 15 is 0 Å². The van der Waals surface area contributed by atoms with Crippen molar-refractivity contribution in [2.45, 2.75) is 13.0 Å². The molecule has 0 spiro atoms. The fourth-order valence-corrected chi connectivity index (χ4v) is 3.92. The number of nitrogens with one attached hydrogen (secondary N) is 1. The molecule has 0 aromatic carbocycles. The second kappa shape index (κ2) is 8.90. The van der Waals surface area contributed by atoms with Crippen molar-refractivity contribution in [3.05, 3.63) is 85.6 Å². The Labute approximate surface area is 187 Å². The fraction of sp³-hybridized carbons (Fsp3) is 0.0952. The highest BCUT2D eigenvalue weighted by Crippen LogP contribution is 2.28. The predicted molar refractivity (Wildman–Crippen MR) is 115 cm³/mol. The number of hydrogen-bond acceptors (Lipinski definition) is 4. The lowest BCUT2D eigenvalue weighted by atomic mass is 10.3. The molecule has 11 heteroatoms. The zero-order chi connectivity index (χ0) is 22.8. The number of aromatic nitrogens is 3. The van der Waals surface area contributed by atoms with Crippen LogP contribution in [-0.4, -0.2) is 26.3 Å². The molecule has 6 nitrogen and oxygen atoms in total. The maximum atomic E-state index is 13.8. The average molecular weight is 477 g/mol. The van der Waals surface area contributed by atoms with Crippen LogP contribution in [-0.2, 0) is 6.54 Å². The van der Waals surface area contributed by atoms with Crippen molar-refractivity contribution in [3.8, 4) is 11.8 Å². The van der Waals surface area contributed by atoms with Crippen molar-refractivity contribution in [3.63, 3.8) is 0 Å². The Morgan fingerprint density at radius 2 is 2.06 bits per heavy atom. The van der Waals surface area contributed by atoms with Crippen LogP contribution < -0.4 is 10.9 Å². The number of nitrogens with zero attached hydrogens (tertiary/aromatic N) is 3. The van der Waals surface area contributed by atoms with E-state index in [0.717, 1.165) is 29.2 Å². The first-order chi connectivity index (χ1) is 15.3. The third kappa shape index (κ3) is 4.69. The van der Waals surface area contributed by atoms with Gasteiger partial charge >= 0.3 is 0 Å². The Hall–Kier alpha value is -3.55. The van der Waals surface area contributed by atoms with Crippen molar-refractivity contribution >= 4 is 40.2 Å². The second-order valence-electron chi connectivity index (χ2n) is 6.52. The highest BCUT2D eigenvalue weighted by molar-refractivity contribution is 7.18. The zero-order valence-electron chi connectivity index (χ0n) is 16.0. The average Bonchev–Trinajstić information content (AvgIpc) is 3.32. The topological polar surface area (TPSA) is 68.4 Å². The molecule has 1 amide bonds. The molecule has 0 radical (unpaired) electrons. The zero-order valence-corrected chi connectivity index (χ0v) is 17.6. The van der Waals surface area contributed by atoms with Gasteiger partial charge in [0, 0.05) is 24.7 Å². The Balaban J connectivity index is 1.55. The summed E-state index contributed by atoms with van der Waals surface area (Å²) in [7, 11) is 0. The molecule has 4 aromatic rings. The first kappa shape index (κ1) is 21.7. The normalized spacial score (nSPS) is 10.9. The summed E-state index contributed by atoms with van der Waals surface area (Å²) in [5, 5.41) is 2.38. The Bertz CT molecular complexity index is 1420. The van der Waals surface area contributed by atoms with Crippen LogP contribution in [0.2, 0.25) is 4.34 Å². The summed E-state index contributed by atoms with van der Waals surface area (Å²) < 4.78 is 41.5. The molecule has 162 valence electrons. The number of rotatable bonds is 4. The van der Waals surface area contributed by atoms with Gasteiger partial charge in [-0.1, -0.05) is 23.6 Å². The van der Waals surface area contributed by atoms with Crippen LogP contribution in [0.25, 0.3) is 5.65 Å². The van der Waals surface area contributed by atoms with Gasteiger partial charge in [0.05, 0.1) is 22.7 Å². The van der Waals surface area contributed by atoms with Gasteiger partial charge < -0.3 is 14.3 Å². The van der Waals surface area contributed by atoms with E-state index in [1.807, 2.05) is 28.8 Å². The molecule has 0 saturated carbocycles. The number of pyridine rings is 2. The highest BCUT2D eigenvalue weighted by atomic mass is 35.5. The van der Waals surface area contributed by atoms with Gasteiger partial charge in [-0.05, 0) is 24.1 Å². The van der Waals surface area contributed by atoms with E-state index in [4.69, 9.17) is 11.6 Å². The number of amides is 1. The molecule has 0 bridgehead atoms. The van der Waals surface area contributed by atoms with E-state index in [0.29, 0.717) is 15.8 Å². The number of imidazole rings is 1. The molecule has 0 fully saturated rings. The van der Waals surface area contributed by atoms with E-state index < -0.39 is 30.3 Å². The van der Waals surface area contributed by atoms with Gasteiger partial charge in [-0.15, -0.1) is 11.3 Å². The summed E-state index contributed by atoms with van der Waals surface area (Å²) in [5.74, 6) is 3.83. The van der Waals surface area contributed by atoms with Crippen LogP contribution in [0, 0.1) is 17.7 Å². The maximum Gasteiger partial charge on any atom is 0.286 e. The van der Waals surface area contributed by atoms with E-state index in [1.165, 1.54) is 6.07 Å². The van der Waals surface area contributed by atoms with Crippen molar-refractivity contribution in [2.75, 3.05) is 5.32 Å². The first-order valence-electron chi connectivity index (χ1n) is 9.05. The standard InChI is InChI=1S/C21H12ClF3N4O2S/c22-19-12(4-5-13-9-28-6-2-1-3-18(28)26-13)7-16(32-19)20(30)27-14-8-15(23)21(31)29(10-14)11-17(24)25/h1-3,6-10,17H,11H2,(H,27,30). The number of carbonyl (C=O) groups is 1. The van der Waals surface area contributed by atoms with Crippen molar-refractivity contribution in [2.24, 2.45) is 0 Å². The summed E-state index contributed by atoms with van der Waals surface area (Å²) in [5.41, 5.74) is 0.296. The van der Waals surface area contributed by atoms with Gasteiger partial charge in [-0.3, -0.25) is 9.59 Å². The number of anilines is 1. The van der Waals surface area contributed by atoms with Crippen LogP contribution in [0.3, 0.4) is 0 Å². The number of carbonyl (C=O) groups excluding carboxylic acids is 1. The second-order valence-corrected chi connectivity index (χ2v) is 8.17. The molecule has 0 aliphatic rings. The molecular weight excluding hydrogens is 465 g/mol. The summed E-state index contributed by atoms with van der Waals surface area (Å²) in [6, 6.07) is 7.76. The number of thiophene rings is 1. The van der Waals surface area contributed by atoms with Crippen LogP contribution >= 0.6 is 22.9 Å². The smallest absolute Gasteiger partial charge is 0.286 e. The molecule has 32 heavy (non-hydrogen) atoms. The SMILES string of the molecule is O=C(Nc1cc(F)c(=O)n(CC(F)F)c1)c1cc(C#Cc2cn3ccccc3n2)c(Cl)s1. The molecule has 0 unspecified atom stereocenters. The third-order valence-electron chi connectivity index (χ3n) is 4.23. The summed E-state index contributed by atoms with van der Waals surface area (Å²) in [6.07, 6.45) is 1.68. The summed E-state index contributed by atoms with van der Waals surface area (Å²) in [4.78, 5) is 28.7. The van der Waals surface area contributed by atoms with Crippen molar-refractivity contribution < 1.29 is 18.0 Å². The predicted octanol–water partition coefficient (Wildman–Crippen LogP) is 4.27. The van der Waals surface area contributed by atoms with Gasteiger partial charge in [0.25, 0.3) is 17.9 Å². The molecule has 4 aromatic heterocycles.